The fraction of sp³-hybridized carbons (Fsp3) is 0.0952. The third-order valence-corrected chi connectivity index (χ3v) is 4.51. The molecule has 0 radical (unpaired) electrons. The first-order valence-electron chi connectivity index (χ1n) is 8.97. The Morgan fingerprint density at radius 2 is 1.93 bits per heavy atom. The van der Waals surface area contributed by atoms with Crippen LogP contribution in [0.3, 0.4) is 0 Å². The second-order valence-electron chi connectivity index (χ2n) is 6.69. The van der Waals surface area contributed by atoms with Gasteiger partial charge < -0.3 is 5.32 Å². The summed E-state index contributed by atoms with van der Waals surface area (Å²) in [6.07, 6.45) is 5.40. The predicted octanol–water partition coefficient (Wildman–Crippen LogP) is 3.87. The zero-order chi connectivity index (χ0) is 18.9. The minimum absolute atomic E-state index is 0.587. The van der Waals surface area contributed by atoms with Crippen LogP contribution in [0.4, 0.5) is 11.5 Å². The summed E-state index contributed by atoms with van der Waals surface area (Å²) >= 11 is 0. The monoisotopic (exact) mass is 367 g/mol. The maximum absolute atomic E-state index is 4.71. The van der Waals surface area contributed by atoms with E-state index >= 15 is 0 Å². The maximum Gasteiger partial charge on any atom is 0.180 e. The molecule has 4 aromatic heterocycles. The van der Waals surface area contributed by atoms with Crippen LogP contribution in [-0.2, 0) is 6.54 Å². The maximum atomic E-state index is 4.71. The highest BCUT2D eigenvalue weighted by Gasteiger charge is 2.09. The zero-order valence-electron chi connectivity index (χ0n) is 15.2. The lowest BCUT2D eigenvalue weighted by Gasteiger charge is -2.07. The minimum Gasteiger partial charge on any atom is -0.339 e. The third-order valence-electron chi connectivity index (χ3n) is 4.51. The van der Waals surface area contributed by atoms with Crippen LogP contribution in [0.15, 0.2) is 67.1 Å². The summed E-state index contributed by atoms with van der Waals surface area (Å²) in [5.41, 5.74) is 5.57. The first-order valence-corrected chi connectivity index (χ1v) is 8.97. The van der Waals surface area contributed by atoms with Gasteiger partial charge >= 0.3 is 0 Å². The van der Waals surface area contributed by atoms with Gasteiger partial charge in [0, 0.05) is 17.8 Å². The van der Waals surface area contributed by atoms with Gasteiger partial charge in [-0.2, -0.15) is 0 Å². The number of nitrogens with one attached hydrogen (secondary N) is 1. The molecule has 0 spiro atoms. The van der Waals surface area contributed by atoms with Crippen LogP contribution in [0, 0.1) is 6.92 Å². The first kappa shape index (κ1) is 16.3. The molecule has 28 heavy (non-hydrogen) atoms. The van der Waals surface area contributed by atoms with Crippen molar-refractivity contribution >= 4 is 33.6 Å². The Morgan fingerprint density at radius 1 is 1.00 bits per heavy atom. The molecule has 4 heterocycles. The molecule has 7 nitrogen and oxygen atoms in total. The molecule has 136 valence electrons. The summed E-state index contributed by atoms with van der Waals surface area (Å²) in [6, 6.07) is 16.0. The molecule has 0 aliphatic rings. The van der Waals surface area contributed by atoms with Gasteiger partial charge in [0.05, 0.1) is 23.9 Å². The van der Waals surface area contributed by atoms with Crippen LogP contribution in [0.1, 0.15) is 11.1 Å². The highest BCUT2D eigenvalue weighted by molar-refractivity contribution is 5.79. The van der Waals surface area contributed by atoms with Gasteiger partial charge in [-0.05, 0) is 54.4 Å². The topological polar surface area (TPSA) is 81.4 Å². The number of hydrogen-bond acceptors (Lipinski definition) is 6. The molecular weight excluding hydrogens is 350 g/mol. The Hall–Kier alpha value is -3.87. The quantitative estimate of drug-likeness (QED) is 0.519. The van der Waals surface area contributed by atoms with E-state index in [4.69, 9.17) is 4.98 Å². The van der Waals surface area contributed by atoms with Crippen molar-refractivity contribution in [2.75, 3.05) is 5.32 Å². The average molecular weight is 367 g/mol. The standard InChI is InChI=1S/C21H17N7/c1-14-9-17(12-22-11-14)24-20-7-6-19-21(25-20)28(27-26-19)13-15-4-5-18-16(10-15)3-2-8-23-18/h2-12H,13H2,1H3,(H,24,25). The van der Waals surface area contributed by atoms with Crippen molar-refractivity contribution in [2.24, 2.45) is 0 Å². The molecule has 0 unspecified atom stereocenters. The van der Waals surface area contributed by atoms with Gasteiger partial charge in [0.15, 0.2) is 5.65 Å². The summed E-state index contributed by atoms with van der Waals surface area (Å²) in [6.45, 7) is 2.59. The van der Waals surface area contributed by atoms with Crippen LogP contribution in [0.25, 0.3) is 22.1 Å². The van der Waals surface area contributed by atoms with Crippen LogP contribution >= 0.6 is 0 Å². The van der Waals surface area contributed by atoms with E-state index in [-0.39, 0.29) is 0 Å². The third kappa shape index (κ3) is 3.14. The zero-order valence-corrected chi connectivity index (χ0v) is 15.2. The lowest BCUT2D eigenvalue weighted by atomic mass is 10.1. The smallest absolute Gasteiger partial charge is 0.180 e. The van der Waals surface area contributed by atoms with E-state index in [1.807, 2.05) is 48.1 Å². The second-order valence-corrected chi connectivity index (χ2v) is 6.69. The van der Waals surface area contributed by atoms with E-state index in [0.29, 0.717) is 6.54 Å². The van der Waals surface area contributed by atoms with Gasteiger partial charge in [0.25, 0.3) is 0 Å². The van der Waals surface area contributed by atoms with Gasteiger partial charge in [-0.1, -0.05) is 17.3 Å². The molecule has 0 saturated heterocycles. The highest BCUT2D eigenvalue weighted by Crippen LogP contribution is 2.19. The van der Waals surface area contributed by atoms with E-state index in [1.54, 1.807) is 12.4 Å². The van der Waals surface area contributed by atoms with Crippen LogP contribution in [0.5, 0.6) is 0 Å². The molecule has 7 heteroatoms. The van der Waals surface area contributed by atoms with Crippen LogP contribution < -0.4 is 5.32 Å². The molecule has 0 saturated carbocycles. The fourth-order valence-electron chi connectivity index (χ4n) is 3.20. The lowest BCUT2D eigenvalue weighted by Crippen LogP contribution is -2.04. The van der Waals surface area contributed by atoms with Crippen molar-refractivity contribution in [3.05, 3.63) is 78.2 Å². The SMILES string of the molecule is Cc1cncc(Nc2ccc3nnn(Cc4ccc5ncccc5c4)c3n2)c1. The van der Waals surface area contributed by atoms with Crippen molar-refractivity contribution in [3.63, 3.8) is 0 Å². The summed E-state index contributed by atoms with van der Waals surface area (Å²) in [7, 11) is 0. The van der Waals surface area contributed by atoms with Gasteiger partial charge in [0.2, 0.25) is 0 Å². The summed E-state index contributed by atoms with van der Waals surface area (Å²) in [5, 5.41) is 12.9. The minimum atomic E-state index is 0.587. The van der Waals surface area contributed by atoms with Crippen molar-refractivity contribution in [1.82, 2.24) is 29.9 Å². The number of fused-ring (bicyclic) bond motifs is 2. The largest absolute Gasteiger partial charge is 0.339 e. The number of aryl methyl sites for hydroxylation is 1. The molecule has 5 aromatic rings. The van der Waals surface area contributed by atoms with Crippen molar-refractivity contribution in [3.8, 4) is 0 Å². The van der Waals surface area contributed by atoms with E-state index < -0.39 is 0 Å². The highest BCUT2D eigenvalue weighted by atomic mass is 15.4. The van der Waals surface area contributed by atoms with E-state index in [0.717, 1.165) is 44.7 Å². The molecule has 0 amide bonds. The molecule has 0 fully saturated rings. The Kier molecular flexibility index (Phi) is 3.90. The lowest BCUT2D eigenvalue weighted by molar-refractivity contribution is 0.665. The van der Waals surface area contributed by atoms with Crippen LogP contribution in [0.2, 0.25) is 0 Å². The Balaban J connectivity index is 1.47. The van der Waals surface area contributed by atoms with Gasteiger partial charge in [0.1, 0.15) is 11.3 Å². The molecule has 1 aromatic carbocycles. The number of nitrogens with zero attached hydrogens (tertiary/aromatic N) is 6. The number of hydrogen-bond donors (Lipinski definition) is 1. The molecule has 0 aliphatic carbocycles. The van der Waals surface area contributed by atoms with E-state index in [1.165, 1.54) is 0 Å². The Morgan fingerprint density at radius 3 is 2.86 bits per heavy atom. The summed E-state index contributed by atoms with van der Waals surface area (Å²) in [5.74, 6) is 0.728. The van der Waals surface area contributed by atoms with E-state index in [2.05, 4.69) is 43.8 Å². The molecule has 5 rings (SSSR count). The number of benzene rings is 1. The molecular formula is C21H17N7. The van der Waals surface area contributed by atoms with Crippen LogP contribution in [-0.4, -0.2) is 29.9 Å². The number of rotatable bonds is 4. The van der Waals surface area contributed by atoms with Crippen molar-refractivity contribution in [2.45, 2.75) is 13.5 Å². The van der Waals surface area contributed by atoms with Crippen molar-refractivity contribution < 1.29 is 0 Å². The number of anilines is 2. The Bertz CT molecular complexity index is 1290. The predicted molar refractivity (Wildman–Crippen MR) is 108 cm³/mol. The molecule has 0 bridgehead atoms. The molecule has 0 atom stereocenters. The second kappa shape index (κ2) is 6.70. The van der Waals surface area contributed by atoms with Crippen molar-refractivity contribution in [1.29, 1.82) is 0 Å². The fourth-order valence-corrected chi connectivity index (χ4v) is 3.20. The first-order chi connectivity index (χ1) is 13.7. The summed E-state index contributed by atoms with van der Waals surface area (Å²) in [4.78, 5) is 13.3. The van der Waals surface area contributed by atoms with Gasteiger partial charge in [-0.15, -0.1) is 5.10 Å². The number of pyridine rings is 3. The van der Waals surface area contributed by atoms with Gasteiger partial charge in [-0.3, -0.25) is 9.97 Å². The molecule has 0 aliphatic heterocycles. The number of aromatic nitrogens is 6. The average Bonchev–Trinajstić information content (AvgIpc) is 3.10. The normalized spacial score (nSPS) is 11.2. The molecule has 1 N–H and O–H groups in total. The Labute approximate surface area is 161 Å². The summed E-state index contributed by atoms with van der Waals surface area (Å²) < 4.78 is 1.81. The van der Waals surface area contributed by atoms with Gasteiger partial charge in [-0.25, -0.2) is 9.67 Å². The van der Waals surface area contributed by atoms with E-state index in [9.17, 15) is 0 Å².